The molecule has 0 aromatic carbocycles. The van der Waals surface area contributed by atoms with E-state index in [1.54, 1.807) is 0 Å². The van der Waals surface area contributed by atoms with Gasteiger partial charge < -0.3 is 5.73 Å². The topological polar surface area (TPSA) is 38.9 Å². The molecule has 1 heterocycles. The molecule has 0 saturated heterocycles. The van der Waals surface area contributed by atoms with E-state index in [1.807, 2.05) is 11.3 Å². The largest absolute Gasteiger partial charge is 0.319 e. The summed E-state index contributed by atoms with van der Waals surface area (Å²) in [6.07, 6.45) is 11.1. The molecular weight excluding hydrogens is 276 g/mol. The van der Waals surface area contributed by atoms with Crippen molar-refractivity contribution in [1.29, 1.82) is 0 Å². The van der Waals surface area contributed by atoms with E-state index >= 15 is 0 Å². The van der Waals surface area contributed by atoms with Gasteiger partial charge in [-0.3, -0.25) is 0 Å². The first-order chi connectivity index (χ1) is 9.94. The number of thiazole rings is 1. The van der Waals surface area contributed by atoms with Gasteiger partial charge in [-0.25, -0.2) is 4.98 Å². The highest BCUT2D eigenvalue weighted by atomic mass is 32.1. The molecule has 1 saturated carbocycles. The van der Waals surface area contributed by atoms with Gasteiger partial charge in [0.05, 0.1) is 11.2 Å². The van der Waals surface area contributed by atoms with Crippen LogP contribution in [0.1, 0.15) is 81.3 Å². The van der Waals surface area contributed by atoms with Crippen LogP contribution in [-0.2, 0) is 18.4 Å². The van der Waals surface area contributed by atoms with E-state index in [0.717, 1.165) is 18.8 Å². The molecule has 1 aromatic rings. The summed E-state index contributed by atoms with van der Waals surface area (Å²) in [5.41, 5.74) is 8.48. The van der Waals surface area contributed by atoms with E-state index in [-0.39, 0.29) is 5.54 Å². The Morgan fingerprint density at radius 3 is 2.52 bits per heavy atom. The third-order valence-corrected chi connectivity index (χ3v) is 7.54. The number of fused-ring (bicyclic) bond motifs is 1. The molecule has 1 aromatic heterocycles. The summed E-state index contributed by atoms with van der Waals surface area (Å²) >= 11 is 1.92. The van der Waals surface area contributed by atoms with Gasteiger partial charge in [0, 0.05) is 4.88 Å². The van der Waals surface area contributed by atoms with Crippen LogP contribution in [0.2, 0.25) is 0 Å². The average Bonchev–Trinajstić information content (AvgIpc) is 2.92. The fourth-order valence-electron chi connectivity index (χ4n) is 3.98. The Kier molecular flexibility index (Phi) is 4.17. The second-order valence-electron chi connectivity index (χ2n) is 7.87. The van der Waals surface area contributed by atoms with Crippen LogP contribution in [0.3, 0.4) is 0 Å². The van der Waals surface area contributed by atoms with Gasteiger partial charge >= 0.3 is 0 Å². The average molecular weight is 307 g/mol. The highest BCUT2D eigenvalue weighted by Gasteiger charge is 2.40. The highest BCUT2D eigenvalue weighted by Crippen LogP contribution is 2.47. The second kappa shape index (κ2) is 5.66. The first-order valence-corrected chi connectivity index (χ1v) is 9.54. The van der Waals surface area contributed by atoms with Gasteiger partial charge in [0.1, 0.15) is 5.01 Å². The zero-order valence-corrected chi connectivity index (χ0v) is 14.7. The number of nitrogens with two attached hydrogens (primary N) is 1. The minimum absolute atomic E-state index is 0.137. The van der Waals surface area contributed by atoms with Gasteiger partial charge in [0.2, 0.25) is 0 Å². The van der Waals surface area contributed by atoms with Gasteiger partial charge in [-0.2, -0.15) is 0 Å². The van der Waals surface area contributed by atoms with E-state index in [4.69, 9.17) is 10.7 Å². The maximum atomic E-state index is 6.79. The lowest BCUT2D eigenvalue weighted by Crippen LogP contribution is -2.42. The first-order valence-electron chi connectivity index (χ1n) is 8.72. The van der Waals surface area contributed by atoms with Gasteiger partial charge in [-0.05, 0) is 62.7 Å². The third kappa shape index (κ3) is 2.92. The van der Waals surface area contributed by atoms with E-state index in [9.17, 15) is 0 Å². The standard InChI is InChI=1S/C18H30N2S/c1-4-17(2,3)13-9-11-18(19,12-10-13)16-20-14-7-5-6-8-15(14)21-16/h13H,4-12,19H2,1-3H3. The van der Waals surface area contributed by atoms with Crippen molar-refractivity contribution in [3.8, 4) is 0 Å². The molecule has 3 rings (SSSR count). The van der Waals surface area contributed by atoms with E-state index in [1.165, 1.54) is 60.5 Å². The van der Waals surface area contributed by atoms with Crippen LogP contribution in [0.5, 0.6) is 0 Å². The van der Waals surface area contributed by atoms with Gasteiger partial charge in [0.25, 0.3) is 0 Å². The fourth-order valence-corrected chi connectivity index (χ4v) is 5.29. The number of aryl methyl sites for hydroxylation is 2. The Balaban J connectivity index is 1.73. The molecular formula is C18H30N2S. The summed E-state index contributed by atoms with van der Waals surface area (Å²) in [4.78, 5) is 6.47. The fraction of sp³-hybridized carbons (Fsp3) is 0.833. The zero-order valence-electron chi connectivity index (χ0n) is 13.9. The normalized spacial score (nSPS) is 30.2. The van der Waals surface area contributed by atoms with Gasteiger partial charge in [-0.15, -0.1) is 11.3 Å². The third-order valence-electron chi connectivity index (χ3n) is 6.17. The van der Waals surface area contributed by atoms with E-state index in [2.05, 4.69) is 20.8 Å². The van der Waals surface area contributed by atoms with Crippen molar-refractivity contribution in [1.82, 2.24) is 4.98 Å². The van der Waals surface area contributed by atoms with Crippen LogP contribution in [0.4, 0.5) is 0 Å². The summed E-state index contributed by atoms with van der Waals surface area (Å²) in [5, 5.41) is 1.24. The van der Waals surface area contributed by atoms with Crippen molar-refractivity contribution >= 4 is 11.3 Å². The Morgan fingerprint density at radius 2 is 1.90 bits per heavy atom. The SMILES string of the molecule is CCC(C)(C)C1CCC(N)(c2nc3c(s2)CCCC3)CC1. The van der Waals surface area contributed by atoms with Gasteiger partial charge in [0.15, 0.2) is 0 Å². The molecule has 2 nitrogen and oxygen atoms in total. The van der Waals surface area contributed by atoms with Crippen molar-refractivity contribution < 1.29 is 0 Å². The number of rotatable bonds is 3. The van der Waals surface area contributed by atoms with E-state index < -0.39 is 0 Å². The smallest absolute Gasteiger partial charge is 0.113 e. The Bertz CT molecular complexity index is 472. The lowest BCUT2D eigenvalue weighted by molar-refractivity contribution is 0.115. The van der Waals surface area contributed by atoms with Crippen molar-refractivity contribution in [2.24, 2.45) is 17.1 Å². The van der Waals surface area contributed by atoms with Crippen molar-refractivity contribution in [2.75, 3.05) is 0 Å². The molecule has 0 unspecified atom stereocenters. The molecule has 2 aliphatic carbocycles. The van der Waals surface area contributed by atoms with Crippen LogP contribution in [0.25, 0.3) is 0 Å². The summed E-state index contributed by atoms with van der Waals surface area (Å²) in [5.74, 6) is 0.828. The van der Waals surface area contributed by atoms with Crippen LogP contribution >= 0.6 is 11.3 Å². The summed E-state index contributed by atoms with van der Waals surface area (Å²) in [6, 6.07) is 0. The van der Waals surface area contributed by atoms with E-state index in [0.29, 0.717) is 5.41 Å². The highest BCUT2D eigenvalue weighted by molar-refractivity contribution is 7.11. The molecule has 0 aliphatic heterocycles. The molecule has 1 fully saturated rings. The predicted octanol–water partition coefficient (Wildman–Crippen LogP) is 4.80. The maximum Gasteiger partial charge on any atom is 0.113 e. The van der Waals surface area contributed by atoms with Crippen LogP contribution in [0, 0.1) is 11.3 Å². The summed E-state index contributed by atoms with van der Waals surface area (Å²) in [7, 11) is 0. The van der Waals surface area contributed by atoms with Crippen LogP contribution < -0.4 is 5.73 Å². The Hall–Kier alpha value is -0.410. The van der Waals surface area contributed by atoms with Crippen molar-refractivity contribution in [3.63, 3.8) is 0 Å². The molecule has 0 bridgehead atoms. The first kappa shape index (κ1) is 15.5. The molecule has 2 N–H and O–H groups in total. The second-order valence-corrected chi connectivity index (χ2v) is 8.95. The molecule has 118 valence electrons. The lowest BCUT2D eigenvalue weighted by atomic mass is 9.66. The molecule has 0 spiro atoms. The molecule has 21 heavy (non-hydrogen) atoms. The number of nitrogens with zero attached hydrogens (tertiary/aromatic N) is 1. The quantitative estimate of drug-likeness (QED) is 0.871. The number of hydrogen-bond donors (Lipinski definition) is 1. The maximum absolute atomic E-state index is 6.79. The Labute approximate surface area is 133 Å². The Morgan fingerprint density at radius 1 is 1.24 bits per heavy atom. The monoisotopic (exact) mass is 306 g/mol. The summed E-state index contributed by atoms with van der Waals surface area (Å²) in [6.45, 7) is 7.16. The number of aromatic nitrogens is 1. The molecule has 3 heteroatoms. The van der Waals surface area contributed by atoms with Gasteiger partial charge in [-0.1, -0.05) is 27.2 Å². The molecule has 2 aliphatic rings. The summed E-state index contributed by atoms with van der Waals surface area (Å²) < 4.78 is 0. The predicted molar refractivity (Wildman–Crippen MR) is 90.7 cm³/mol. The van der Waals surface area contributed by atoms with Crippen molar-refractivity contribution in [2.45, 2.75) is 84.1 Å². The van der Waals surface area contributed by atoms with Crippen LogP contribution in [0.15, 0.2) is 0 Å². The molecule has 0 radical (unpaired) electrons. The lowest BCUT2D eigenvalue weighted by Gasteiger charge is -2.42. The number of hydrogen-bond acceptors (Lipinski definition) is 3. The minimum Gasteiger partial charge on any atom is -0.319 e. The van der Waals surface area contributed by atoms with Crippen LogP contribution in [-0.4, -0.2) is 4.98 Å². The minimum atomic E-state index is -0.137. The molecule has 0 amide bonds. The van der Waals surface area contributed by atoms with Crippen molar-refractivity contribution in [3.05, 3.63) is 15.6 Å². The molecule has 0 atom stereocenters. The zero-order chi connectivity index (χ0) is 15.1.